The highest BCUT2D eigenvalue weighted by molar-refractivity contribution is 6.00. The second kappa shape index (κ2) is 8.29. The maximum Gasteiger partial charge on any atom is 0.249 e. The van der Waals surface area contributed by atoms with Crippen molar-refractivity contribution in [2.75, 3.05) is 20.3 Å². The molecule has 1 aromatic rings. The molecule has 1 rings (SSSR count). The fraction of sp³-hybridized carbons (Fsp3) is 0.438. The normalized spacial score (nSPS) is 12.0. The van der Waals surface area contributed by atoms with Crippen LogP contribution in [0.5, 0.6) is 0 Å². The van der Waals surface area contributed by atoms with Crippen LogP contribution in [-0.4, -0.2) is 48.8 Å². The largest absolute Gasteiger partial charge is 0.375 e. The molecule has 1 aromatic carbocycles. The number of ether oxygens (including phenoxy) is 1. The number of ketones is 1. The lowest BCUT2D eigenvalue weighted by Crippen LogP contribution is -2.53. The van der Waals surface area contributed by atoms with E-state index in [2.05, 4.69) is 0 Å². The van der Waals surface area contributed by atoms with Gasteiger partial charge in [0.25, 0.3) is 0 Å². The Labute approximate surface area is 130 Å². The summed E-state index contributed by atoms with van der Waals surface area (Å²) in [6, 6.07) is 7.75. The van der Waals surface area contributed by atoms with Crippen LogP contribution >= 0.6 is 0 Å². The molecular weight excluding hydrogens is 284 g/mol. The first kappa shape index (κ1) is 17.8. The van der Waals surface area contributed by atoms with Gasteiger partial charge in [-0.1, -0.05) is 44.2 Å². The molecule has 1 atom stereocenters. The summed E-state index contributed by atoms with van der Waals surface area (Å²) in [6.45, 7) is 3.13. The first-order valence-corrected chi connectivity index (χ1v) is 7.04. The lowest BCUT2D eigenvalue weighted by molar-refractivity contribution is -0.143. The van der Waals surface area contributed by atoms with Crippen molar-refractivity contribution in [1.29, 1.82) is 0 Å². The van der Waals surface area contributed by atoms with Gasteiger partial charge in [-0.2, -0.15) is 0 Å². The van der Waals surface area contributed by atoms with E-state index in [0.717, 1.165) is 0 Å². The zero-order chi connectivity index (χ0) is 16.7. The van der Waals surface area contributed by atoms with Crippen molar-refractivity contribution >= 4 is 17.6 Å². The van der Waals surface area contributed by atoms with Crippen molar-refractivity contribution in [2.45, 2.75) is 19.9 Å². The molecule has 0 saturated carbocycles. The number of hydrogen-bond donors (Lipinski definition) is 1. The molecule has 0 aliphatic rings. The van der Waals surface area contributed by atoms with Gasteiger partial charge in [-0.15, -0.1) is 0 Å². The van der Waals surface area contributed by atoms with E-state index < -0.39 is 17.9 Å². The van der Waals surface area contributed by atoms with Crippen LogP contribution < -0.4 is 5.73 Å². The van der Waals surface area contributed by atoms with Crippen LogP contribution in [0.1, 0.15) is 24.2 Å². The molecular formula is C16H22N2O4. The van der Waals surface area contributed by atoms with Crippen molar-refractivity contribution in [2.24, 2.45) is 11.7 Å². The van der Waals surface area contributed by atoms with Gasteiger partial charge < -0.3 is 15.4 Å². The number of Topliss-reactive ketones (excluding diaryl/α,β-unsaturated/α-hetero) is 1. The van der Waals surface area contributed by atoms with Gasteiger partial charge in [-0.05, 0) is 5.92 Å². The molecule has 2 amide bonds. The van der Waals surface area contributed by atoms with Gasteiger partial charge in [0.1, 0.15) is 12.6 Å². The molecule has 1 unspecified atom stereocenters. The number of amides is 2. The molecule has 6 heteroatoms. The summed E-state index contributed by atoms with van der Waals surface area (Å²) in [6.07, 6.45) is 0. The highest BCUT2D eigenvalue weighted by Crippen LogP contribution is 2.13. The Bertz CT molecular complexity index is 528. The van der Waals surface area contributed by atoms with E-state index >= 15 is 0 Å². The summed E-state index contributed by atoms with van der Waals surface area (Å²) in [4.78, 5) is 37.4. The number of nitrogens with zero attached hydrogens (tertiary/aromatic N) is 1. The predicted octanol–water partition coefficient (Wildman–Crippen LogP) is 0.854. The monoisotopic (exact) mass is 306 g/mol. The molecule has 0 fully saturated rings. The van der Waals surface area contributed by atoms with E-state index in [9.17, 15) is 14.4 Å². The number of nitrogens with two attached hydrogens (primary N) is 1. The van der Waals surface area contributed by atoms with Crippen LogP contribution in [0.2, 0.25) is 0 Å². The van der Waals surface area contributed by atoms with Gasteiger partial charge in [0, 0.05) is 12.7 Å². The summed E-state index contributed by atoms with van der Waals surface area (Å²) in [5, 5.41) is 0. The second-order valence-electron chi connectivity index (χ2n) is 5.34. The summed E-state index contributed by atoms with van der Waals surface area (Å²) in [5.41, 5.74) is 5.88. The summed E-state index contributed by atoms with van der Waals surface area (Å²) in [5.74, 6) is -1.54. The quantitative estimate of drug-likeness (QED) is 0.721. The third kappa shape index (κ3) is 4.66. The second-order valence-corrected chi connectivity index (χ2v) is 5.34. The zero-order valence-electron chi connectivity index (χ0n) is 13.1. The first-order valence-electron chi connectivity index (χ1n) is 7.04. The minimum absolute atomic E-state index is 0.207. The van der Waals surface area contributed by atoms with Gasteiger partial charge in [0.15, 0.2) is 5.78 Å². The van der Waals surface area contributed by atoms with E-state index in [-0.39, 0.29) is 24.9 Å². The lowest BCUT2D eigenvalue weighted by atomic mass is 10.0. The minimum Gasteiger partial charge on any atom is -0.375 e. The minimum atomic E-state index is -0.852. The van der Waals surface area contributed by atoms with Gasteiger partial charge >= 0.3 is 0 Å². The molecule has 6 nitrogen and oxygen atoms in total. The van der Waals surface area contributed by atoms with Gasteiger partial charge in [0.05, 0.1) is 6.54 Å². The molecule has 0 bridgehead atoms. The first-order chi connectivity index (χ1) is 10.4. The number of carbonyl (C=O) groups is 3. The highest BCUT2D eigenvalue weighted by atomic mass is 16.5. The Morgan fingerprint density at radius 2 is 1.77 bits per heavy atom. The topological polar surface area (TPSA) is 89.7 Å². The molecule has 0 radical (unpaired) electrons. The van der Waals surface area contributed by atoms with E-state index in [1.54, 1.807) is 44.2 Å². The molecule has 0 aliphatic carbocycles. The number of methoxy groups -OCH3 is 1. The maximum absolute atomic E-state index is 12.3. The molecule has 0 saturated heterocycles. The summed E-state index contributed by atoms with van der Waals surface area (Å²) in [7, 11) is 1.38. The standard InChI is InChI=1S/C16H22N2O4/c1-11(2)15(16(17)21)18(14(20)10-22-3)9-13(19)12-7-5-4-6-8-12/h4-8,11,15H,9-10H2,1-3H3,(H2,17,21). The van der Waals surface area contributed by atoms with Crippen molar-refractivity contribution in [3.63, 3.8) is 0 Å². The van der Waals surface area contributed by atoms with Crippen molar-refractivity contribution < 1.29 is 19.1 Å². The van der Waals surface area contributed by atoms with E-state index in [0.29, 0.717) is 5.56 Å². The Hall–Kier alpha value is -2.21. The van der Waals surface area contributed by atoms with Crippen LogP contribution in [0.4, 0.5) is 0 Å². The SMILES string of the molecule is COCC(=O)N(CC(=O)c1ccccc1)C(C(N)=O)C(C)C. The fourth-order valence-corrected chi connectivity index (χ4v) is 2.26. The van der Waals surface area contributed by atoms with Gasteiger partial charge in [-0.3, -0.25) is 14.4 Å². The summed E-state index contributed by atoms with van der Waals surface area (Å²) < 4.78 is 4.83. The number of rotatable bonds is 8. The van der Waals surface area contributed by atoms with Crippen LogP contribution in [-0.2, 0) is 14.3 Å². The van der Waals surface area contributed by atoms with Crippen LogP contribution in [0.3, 0.4) is 0 Å². The predicted molar refractivity (Wildman–Crippen MR) is 82.2 cm³/mol. The van der Waals surface area contributed by atoms with E-state index in [1.165, 1.54) is 12.0 Å². The van der Waals surface area contributed by atoms with Crippen LogP contribution in [0.25, 0.3) is 0 Å². The van der Waals surface area contributed by atoms with Crippen molar-refractivity contribution in [3.8, 4) is 0 Å². The molecule has 0 heterocycles. The van der Waals surface area contributed by atoms with E-state index in [1.807, 2.05) is 0 Å². The smallest absolute Gasteiger partial charge is 0.249 e. The number of benzene rings is 1. The van der Waals surface area contributed by atoms with Crippen molar-refractivity contribution in [1.82, 2.24) is 4.90 Å². The number of carbonyl (C=O) groups excluding carboxylic acids is 3. The average Bonchev–Trinajstić information content (AvgIpc) is 2.46. The number of primary amides is 1. The maximum atomic E-state index is 12.3. The highest BCUT2D eigenvalue weighted by Gasteiger charge is 2.32. The van der Waals surface area contributed by atoms with E-state index in [4.69, 9.17) is 10.5 Å². The van der Waals surface area contributed by atoms with Crippen LogP contribution in [0.15, 0.2) is 30.3 Å². The molecule has 120 valence electrons. The average molecular weight is 306 g/mol. The molecule has 0 aliphatic heterocycles. The van der Waals surface area contributed by atoms with Crippen molar-refractivity contribution in [3.05, 3.63) is 35.9 Å². The fourth-order valence-electron chi connectivity index (χ4n) is 2.26. The lowest BCUT2D eigenvalue weighted by Gasteiger charge is -2.31. The Morgan fingerprint density at radius 3 is 2.23 bits per heavy atom. The molecule has 0 spiro atoms. The Morgan fingerprint density at radius 1 is 1.18 bits per heavy atom. The third-order valence-electron chi connectivity index (χ3n) is 3.26. The Balaban J connectivity index is 3.02. The zero-order valence-corrected chi connectivity index (χ0v) is 13.1. The molecule has 0 aromatic heterocycles. The third-order valence-corrected chi connectivity index (χ3v) is 3.26. The van der Waals surface area contributed by atoms with Gasteiger partial charge in [-0.25, -0.2) is 0 Å². The molecule has 2 N–H and O–H groups in total. The number of hydrogen-bond acceptors (Lipinski definition) is 4. The van der Waals surface area contributed by atoms with Gasteiger partial charge in [0.2, 0.25) is 11.8 Å². The summed E-state index contributed by atoms with van der Waals surface area (Å²) >= 11 is 0. The van der Waals surface area contributed by atoms with Crippen LogP contribution in [0, 0.1) is 5.92 Å². The molecule has 22 heavy (non-hydrogen) atoms. The Kier molecular flexibility index (Phi) is 6.72.